The minimum absolute atomic E-state index is 0.448. The molecule has 0 amide bonds. The van der Waals surface area contributed by atoms with Crippen molar-refractivity contribution in [1.82, 2.24) is 15.0 Å². The number of aromatic nitrogens is 3. The molecule has 7 nitrogen and oxygen atoms in total. The number of hydrogen-bond donors (Lipinski definition) is 3. The first-order chi connectivity index (χ1) is 16.7. The highest BCUT2D eigenvalue weighted by atomic mass is 15.3. The summed E-state index contributed by atoms with van der Waals surface area (Å²) in [7, 11) is 0. The lowest BCUT2D eigenvalue weighted by molar-refractivity contribution is 1.02. The second-order valence-electron chi connectivity index (χ2n) is 8.34. The SMILES string of the molecule is CC(=NNc1nc(Nc2ccccc2)nc(NC2CC2)c1Cc1ccccc1)c1ccncc1. The van der Waals surface area contributed by atoms with Crippen molar-refractivity contribution in [3.63, 3.8) is 0 Å². The summed E-state index contributed by atoms with van der Waals surface area (Å²) in [6.45, 7) is 1.97. The molecule has 1 aliphatic rings. The van der Waals surface area contributed by atoms with Crippen LogP contribution in [0.4, 0.5) is 23.3 Å². The second kappa shape index (κ2) is 10.1. The van der Waals surface area contributed by atoms with Gasteiger partial charge in [-0.25, -0.2) is 0 Å². The Morgan fingerprint density at radius 3 is 2.26 bits per heavy atom. The standard InChI is InChI=1S/C27H27N7/c1-19(21-14-16-28-17-15-21)33-34-26-24(18-20-8-4-2-5-9-20)25(29-23-12-13-23)31-27(32-26)30-22-10-6-3-7-11-22/h2-11,14-17,23H,12-13,18H2,1H3,(H3,29,30,31,32,34). The van der Waals surface area contributed by atoms with Gasteiger partial charge in [0, 0.05) is 41.7 Å². The van der Waals surface area contributed by atoms with Crippen LogP contribution in [-0.2, 0) is 6.42 Å². The molecule has 3 N–H and O–H groups in total. The molecule has 1 aliphatic carbocycles. The molecule has 170 valence electrons. The number of para-hydroxylation sites is 1. The lowest BCUT2D eigenvalue weighted by Crippen LogP contribution is -2.13. The van der Waals surface area contributed by atoms with Crippen molar-refractivity contribution in [2.45, 2.75) is 32.2 Å². The number of nitrogens with zero attached hydrogens (tertiary/aromatic N) is 4. The van der Waals surface area contributed by atoms with Crippen molar-refractivity contribution < 1.29 is 0 Å². The summed E-state index contributed by atoms with van der Waals surface area (Å²) in [6.07, 6.45) is 6.52. The third kappa shape index (κ3) is 5.56. The van der Waals surface area contributed by atoms with Crippen LogP contribution in [0.2, 0.25) is 0 Å². The van der Waals surface area contributed by atoms with Gasteiger partial charge in [-0.05, 0) is 49.6 Å². The molecule has 0 saturated heterocycles. The first kappa shape index (κ1) is 21.6. The van der Waals surface area contributed by atoms with Gasteiger partial charge >= 0.3 is 0 Å². The van der Waals surface area contributed by atoms with Gasteiger partial charge < -0.3 is 10.6 Å². The van der Waals surface area contributed by atoms with Gasteiger partial charge in [-0.15, -0.1) is 0 Å². The molecule has 7 heteroatoms. The largest absolute Gasteiger partial charge is 0.367 e. The molecule has 5 rings (SSSR count). The van der Waals surface area contributed by atoms with E-state index in [-0.39, 0.29) is 0 Å². The molecule has 2 aromatic carbocycles. The van der Waals surface area contributed by atoms with Gasteiger partial charge in [-0.2, -0.15) is 15.1 Å². The molecule has 1 saturated carbocycles. The van der Waals surface area contributed by atoms with E-state index in [0.29, 0.717) is 24.2 Å². The van der Waals surface area contributed by atoms with Crippen LogP contribution in [0.25, 0.3) is 0 Å². The van der Waals surface area contributed by atoms with Crippen LogP contribution in [0.5, 0.6) is 0 Å². The smallest absolute Gasteiger partial charge is 0.231 e. The number of pyridine rings is 1. The maximum Gasteiger partial charge on any atom is 0.231 e. The van der Waals surface area contributed by atoms with Crippen LogP contribution < -0.4 is 16.1 Å². The first-order valence-corrected chi connectivity index (χ1v) is 11.5. The number of anilines is 4. The van der Waals surface area contributed by atoms with E-state index in [0.717, 1.165) is 41.2 Å². The quantitative estimate of drug-likeness (QED) is 0.227. The summed E-state index contributed by atoms with van der Waals surface area (Å²) in [5, 5.41) is 11.6. The van der Waals surface area contributed by atoms with Crippen molar-refractivity contribution in [2.24, 2.45) is 5.10 Å². The van der Waals surface area contributed by atoms with Gasteiger partial charge in [0.1, 0.15) is 5.82 Å². The average Bonchev–Trinajstić information content (AvgIpc) is 3.70. The summed E-state index contributed by atoms with van der Waals surface area (Å²) in [5.41, 5.74) is 8.18. The van der Waals surface area contributed by atoms with Gasteiger partial charge in [0.2, 0.25) is 5.95 Å². The molecule has 0 unspecified atom stereocenters. The second-order valence-corrected chi connectivity index (χ2v) is 8.34. The zero-order valence-electron chi connectivity index (χ0n) is 19.1. The third-order valence-electron chi connectivity index (χ3n) is 5.61. The van der Waals surface area contributed by atoms with Crippen LogP contribution in [0.15, 0.2) is 90.3 Å². The molecule has 0 spiro atoms. The summed E-state index contributed by atoms with van der Waals surface area (Å²) < 4.78 is 0. The lowest BCUT2D eigenvalue weighted by Gasteiger charge is -2.17. The minimum Gasteiger partial charge on any atom is -0.367 e. The predicted octanol–water partition coefficient (Wildman–Crippen LogP) is 5.62. The van der Waals surface area contributed by atoms with Crippen molar-refractivity contribution in [3.05, 3.63) is 102 Å². The Kier molecular flexibility index (Phi) is 6.42. The zero-order valence-corrected chi connectivity index (χ0v) is 19.1. The van der Waals surface area contributed by atoms with Gasteiger partial charge in [0.15, 0.2) is 5.82 Å². The normalized spacial score (nSPS) is 13.4. The zero-order chi connectivity index (χ0) is 23.2. The Hall–Kier alpha value is -4.26. The molecule has 2 aromatic heterocycles. The highest BCUT2D eigenvalue weighted by Crippen LogP contribution is 2.32. The Bertz CT molecular complexity index is 1250. The van der Waals surface area contributed by atoms with E-state index in [2.05, 4.69) is 38.3 Å². The number of hydrazone groups is 1. The van der Waals surface area contributed by atoms with Gasteiger partial charge in [-0.3, -0.25) is 10.4 Å². The number of benzene rings is 2. The average molecular weight is 450 g/mol. The van der Waals surface area contributed by atoms with E-state index in [1.807, 2.05) is 67.6 Å². The summed E-state index contributed by atoms with van der Waals surface area (Å²) >= 11 is 0. The van der Waals surface area contributed by atoms with Crippen LogP contribution in [0, 0.1) is 0 Å². The highest BCUT2D eigenvalue weighted by Gasteiger charge is 2.25. The van der Waals surface area contributed by atoms with Gasteiger partial charge in [0.05, 0.1) is 5.71 Å². The van der Waals surface area contributed by atoms with E-state index < -0.39 is 0 Å². The first-order valence-electron chi connectivity index (χ1n) is 11.5. The van der Waals surface area contributed by atoms with Crippen LogP contribution in [0.1, 0.15) is 36.5 Å². The van der Waals surface area contributed by atoms with Crippen molar-refractivity contribution >= 4 is 29.0 Å². The van der Waals surface area contributed by atoms with E-state index in [1.54, 1.807) is 12.4 Å². The topological polar surface area (TPSA) is 87.1 Å². The molecule has 4 aromatic rings. The van der Waals surface area contributed by atoms with E-state index in [4.69, 9.17) is 9.97 Å². The lowest BCUT2D eigenvalue weighted by atomic mass is 10.1. The van der Waals surface area contributed by atoms with Crippen molar-refractivity contribution in [3.8, 4) is 0 Å². The fourth-order valence-corrected chi connectivity index (χ4v) is 3.59. The summed E-state index contributed by atoms with van der Waals surface area (Å²) in [6, 6.07) is 24.6. The number of rotatable bonds is 9. The number of nitrogens with one attached hydrogen (secondary N) is 3. The molecule has 1 fully saturated rings. The highest BCUT2D eigenvalue weighted by molar-refractivity contribution is 5.98. The number of hydrogen-bond acceptors (Lipinski definition) is 7. The Balaban J connectivity index is 1.53. The molecule has 2 heterocycles. The summed E-state index contributed by atoms with van der Waals surface area (Å²) in [5.74, 6) is 2.03. The summed E-state index contributed by atoms with van der Waals surface area (Å²) in [4.78, 5) is 13.8. The maximum atomic E-state index is 4.86. The Morgan fingerprint density at radius 1 is 0.882 bits per heavy atom. The van der Waals surface area contributed by atoms with E-state index in [9.17, 15) is 0 Å². The minimum atomic E-state index is 0.448. The Labute approximate surface area is 199 Å². The maximum absolute atomic E-state index is 4.86. The van der Waals surface area contributed by atoms with Crippen LogP contribution >= 0.6 is 0 Å². The molecule has 0 aliphatic heterocycles. The molecular weight excluding hydrogens is 422 g/mol. The fraction of sp³-hybridized carbons (Fsp3) is 0.185. The molecule has 0 atom stereocenters. The fourth-order valence-electron chi connectivity index (χ4n) is 3.59. The predicted molar refractivity (Wildman–Crippen MR) is 138 cm³/mol. The van der Waals surface area contributed by atoms with Gasteiger partial charge in [-0.1, -0.05) is 48.5 Å². The van der Waals surface area contributed by atoms with E-state index in [1.165, 1.54) is 5.56 Å². The van der Waals surface area contributed by atoms with Crippen molar-refractivity contribution in [1.29, 1.82) is 0 Å². The monoisotopic (exact) mass is 449 g/mol. The molecule has 0 radical (unpaired) electrons. The van der Waals surface area contributed by atoms with Gasteiger partial charge in [0.25, 0.3) is 0 Å². The van der Waals surface area contributed by atoms with Crippen LogP contribution in [0.3, 0.4) is 0 Å². The molecule has 0 bridgehead atoms. The molecule has 34 heavy (non-hydrogen) atoms. The van der Waals surface area contributed by atoms with Crippen LogP contribution in [-0.4, -0.2) is 26.7 Å². The van der Waals surface area contributed by atoms with Crippen molar-refractivity contribution in [2.75, 3.05) is 16.1 Å². The third-order valence-corrected chi connectivity index (χ3v) is 5.61. The molecular formula is C27H27N7. The Morgan fingerprint density at radius 2 is 1.56 bits per heavy atom. The van der Waals surface area contributed by atoms with E-state index >= 15 is 0 Å².